The summed E-state index contributed by atoms with van der Waals surface area (Å²) in [5, 5.41) is 16.3. The highest BCUT2D eigenvalue weighted by molar-refractivity contribution is 7.15. The first-order valence-corrected chi connectivity index (χ1v) is 10.0. The summed E-state index contributed by atoms with van der Waals surface area (Å²) >= 11 is 7.53. The summed E-state index contributed by atoms with van der Waals surface area (Å²) in [4.78, 5) is 12.3. The molecule has 0 atom stereocenters. The molecule has 0 saturated carbocycles. The maximum atomic E-state index is 12.3. The van der Waals surface area contributed by atoms with Gasteiger partial charge in [0.15, 0.2) is 5.01 Å². The number of amides is 1. The Morgan fingerprint density at radius 2 is 1.72 bits per heavy atom. The van der Waals surface area contributed by atoms with Crippen molar-refractivity contribution in [1.82, 2.24) is 25.3 Å². The Hall–Kier alpha value is -3.29. The van der Waals surface area contributed by atoms with Crippen LogP contribution in [0.15, 0.2) is 73.1 Å². The Morgan fingerprint density at radius 1 is 1.03 bits per heavy atom. The number of hydrogen-bond donors (Lipinski definition) is 1. The molecule has 2 aromatic heterocycles. The standard InChI is InChI=1S/C21H16ClN5OS/c22-18(11-16-13-24-27(14-16)17-9-5-2-6-10-17)20-25-26-21(29-20)19(28)23-12-15-7-3-1-4-8-15/h1-11,13-14H,12H2,(H,23,28). The Bertz CT molecular complexity index is 1140. The third-order valence-corrected chi connectivity index (χ3v) is 5.39. The topological polar surface area (TPSA) is 72.7 Å². The third kappa shape index (κ3) is 4.77. The van der Waals surface area contributed by atoms with E-state index in [2.05, 4.69) is 20.6 Å². The highest BCUT2D eigenvalue weighted by Gasteiger charge is 2.14. The van der Waals surface area contributed by atoms with Gasteiger partial charge in [0.2, 0.25) is 5.01 Å². The van der Waals surface area contributed by atoms with Crippen LogP contribution in [-0.2, 0) is 6.54 Å². The molecule has 0 bridgehead atoms. The molecule has 0 unspecified atom stereocenters. The Balaban J connectivity index is 1.43. The van der Waals surface area contributed by atoms with E-state index in [4.69, 9.17) is 11.6 Å². The first kappa shape index (κ1) is 19.0. The number of halogens is 1. The number of hydrogen-bond acceptors (Lipinski definition) is 5. The summed E-state index contributed by atoms with van der Waals surface area (Å²) in [6.07, 6.45) is 5.33. The van der Waals surface area contributed by atoms with Crippen LogP contribution in [0.5, 0.6) is 0 Å². The number of carbonyl (C=O) groups excluding carboxylic acids is 1. The van der Waals surface area contributed by atoms with Crippen molar-refractivity contribution < 1.29 is 4.79 Å². The summed E-state index contributed by atoms with van der Waals surface area (Å²) in [7, 11) is 0. The van der Waals surface area contributed by atoms with Gasteiger partial charge in [-0.1, -0.05) is 71.5 Å². The van der Waals surface area contributed by atoms with E-state index in [1.54, 1.807) is 17.0 Å². The molecular formula is C21H16ClN5OS. The van der Waals surface area contributed by atoms with Crippen molar-refractivity contribution in [2.45, 2.75) is 6.54 Å². The van der Waals surface area contributed by atoms with E-state index >= 15 is 0 Å². The smallest absolute Gasteiger partial charge is 0.282 e. The lowest BCUT2D eigenvalue weighted by Gasteiger charge is -2.01. The Morgan fingerprint density at radius 3 is 2.48 bits per heavy atom. The molecule has 8 heteroatoms. The van der Waals surface area contributed by atoms with E-state index in [9.17, 15) is 4.79 Å². The minimum Gasteiger partial charge on any atom is -0.346 e. The molecular weight excluding hydrogens is 406 g/mol. The summed E-state index contributed by atoms with van der Waals surface area (Å²) in [6, 6.07) is 19.5. The first-order valence-electron chi connectivity index (χ1n) is 8.82. The van der Waals surface area contributed by atoms with E-state index in [0.717, 1.165) is 28.2 Å². The number of nitrogens with one attached hydrogen (secondary N) is 1. The molecule has 4 rings (SSSR count). The fourth-order valence-corrected chi connectivity index (χ4v) is 3.55. The minimum absolute atomic E-state index is 0.266. The average Bonchev–Trinajstić information content (AvgIpc) is 3.43. The van der Waals surface area contributed by atoms with E-state index in [1.807, 2.05) is 66.9 Å². The summed E-state index contributed by atoms with van der Waals surface area (Å²) < 4.78 is 1.76. The molecule has 0 radical (unpaired) electrons. The normalized spacial score (nSPS) is 11.4. The quantitative estimate of drug-likeness (QED) is 0.501. The molecule has 0 aliphatic rings. The van der Waals surface area contributed by atoms with Crippen LogP contribution in [0.3, 0.4) is 0 Å². The van der Waals surface area contributed by atoms with E-state index in [-0.39, 0.29) is 10.9 Å². The third-order valence-electron chi connectivity index (χ3n) is 4.04. The molecule has 1 amide bonds. The number of carbonyl (C=O) groups is 1. The zero-order chi connectivity index (χ0) is 20.1. The van der Waals surface area contributed by atoms with Gasteiger partial charge >= 0.3 is 0 Å². The highest BCUT2D eigenvalue weighted by Crippen LogP contribution is 2.25. The summed E-state index contributed by atoms with van der Waals surface area (Å²) in [5.74, 6) is -0.279. The van der Waals surface area contributed by atoms with Crippen LogP contribution >= 0.6 is 22.9 Å². The fraction of sp³-hybridized carbons (Fsp3) is 0.0476. The molecule has 29 heavy (non-hydrogen) atoms. The zero-order valence-corrected chi connectivity index (χ0v) is 16.8. The maximum absolute atomic E-state index is 12.3. The number of nitrogens with zero attached hydrogens (tertiary/aromatic N) is 4. The molecule has 144 valence electrons. The zero-order valence-electron chi connectivity index (χ0n) is 15.2. The second-order valence-corrected chi connectivity index (χ2v) is 7.51. The lowest BCUT2D eigenvalue weighted by Crippen LogP contribution is -2.22. The molecule has 4 aromatic rings. The van der Waals surface area contributed by atoms with Gasteiger partial charge in [-0.2, -0.15) is 5.10 Å². The molecule has 0 fully saturated rings. The molecule has 0 spiro atoms. The maximum Gasteiger partial charge on any atom is 0.282 e. The average molecular weight is 422 g/mol. The largest absolute Gasteiger partial charge is 0.346 e. The van der Waals surface area contributed by atoms with Gasteiger partial charge < -0.3 is 5.32 Å². The van der Waals surface area contributed by atoms with E-state index in [0.29, 0.717) is 16.6 Å². The highest BCUT2D eigenvalue weighted by atomic mass is 35.5. The van der Waals surface area contributed by atoms with Crippen molar-refractivity contribution in [1.29, 1.82) is 0 Å². The summed E-state index contributed by atoms with van der Waals surface area (Å²) in [5.41, 5.74) is 2.79. The van der Waals surface area contributed by atoms with Gasteiger partial charge in [-0.3, -0.25) is 4.79 Å². The number of rotatable bonds is 6. The lowest BCUT2D eigenvalue weighted by atomic mass is 10.2. The van der Waals surface area contributed by atoms with Crippen molar-refractivity contribution in [2.24, 2.45) is 0 Å². The molecule has 1 N–H and O–H groups in total. The van der Waals surface area contributed by atoms with Crippen molar-refractivity contribution >= 4 is 40.0 Å². The van der Waals surface area contributed by atoms with Gasteiger partial charge in [0.1, 0.15) is 0 Å². The van der Waals surface area contributed by atoms with Crippen molar-refractivity contribution in [3.63, 3.8) is 0 Å². The number of para-hydroxylation sites is 1. The van der Waals surface area contributed by atoms with E-state index in [1.165, 1.54) is 0 Å². The van der Waals surface area contributed by atoms with Crippen LogP contribution in [0.2, 0.25) is 0 Å². The number of benzene rings is 2. The van der Waals surface area contributed by atoms with E-state index < -0.39 is 0 Å². The minimum atomic E-state index is -0.279. The predicted octanol–water partition coefficient (Wildman–Crippen LogP) is 4.39. The van der Waals surface area contributed by atoms with Crippen LogP contribution in [0.4, 0.5) is 0 Å². The second-order valence-electron chi connectivity index (χ2n) is 6.13. The second kappa shape index (κ2) is 8.81. The van der Waals surface area contributed by atoms with Crippen molar-refractivity contribution in [2.75, 3.05) is 0 Å². The molecule has 0 aliphatic carbocycles. The van der Waals surface area contributed by atoms with Gasteiger partial charge in [-0.05, 0) is 23.8 Å². The van der Waals surface area contributed by atoms with Crippen molar-refractivity contribution in [3.8, 4) is 5.69 Å². The van der Waals surface area contributed by atoms with Crippen LogP contribution in [-0.4, -0.2) is 25.9 Å². The van der Waals surface area contributed by atoms with Gasteiger partial charge in [-0.25, -0.2) is 4.68 Å². The molecule has 0 aliphatic heterocycles. The van der Waals surface area contributed by atoms with Gasteiger partial charge in [0.05, 0.1) is 16.9 Å². The SMILES string of the molecule is O=C(NCc1ccccc1)c1nnc(C(Cl)=Cc2cnn(-c3ccccc3)c2)s1. The molecule has 0 saturated heterocycles. The van der Waals surface area contributed by atoms with Gasteiger partial charge in [0, 0.05) is 18.3 Å². The van der Waals surface area contributed by atoms with Crippen molar-refractivity contribution in [3.05, 3.63) is 94.2 Å². The first-order chi connectivity index (χ1) is 14.2. The van der Waals surface area contributed by atoms with Gasteiger partial charge in [-0.15, -0.1) is 10.2 Å². The Kier molecular flexibility index (Phi) is 5.79. The van der Waals surface area contributed by atoms with Gasteiger partial charge in [0.25, 0.3) is 5.91 Å². The van der Waals surface area contributed by atoms with Crippen LogP contribution in [0.25, 0.3) is 16.8 Å². The van der Waals surface area contributed by atoms with Crippen LogP contribution in [0, 0.1) is 0 Å². The van der Waals surface area contributed by atoms with Crippen LogP contribution in [0.1, 0.15) is 25.9 Å². The molecule has 6 nitrogen and oxygen atoms in total. The molecule has 2 heterocycles. The lowest BCUT2D eigenvalue weighted by molar-refractivity contribution is 0.0950. The monoisotopic (exact) mass is 421 g/mol. The summed E-state index contributed by atoms with van der Waals surface area (Å²) in [6.45, 7) is 0.427. The fourth-order valence-electron chi connectivity index (χ4n) is 2.61. The predicted molar refractivity (Wildman–Crippen MR) is 115 cm³/mol. The van der Waals surface area contributed by atoms with Crippen LogP contribution < -0.4 is 5.32 Å². The Labute approximate surface area is 176 Å². The number of aromatic nitrogens is 4. The molecule has 2 aromatic carbocycles.